The van der Waals surface area contributed by atoms with E-state index in [0.29, 0.717) is 0 Å². The van der Waals surface area contributed by atoms with E-state index < -0.39 is 0 Å². The molecule has 0 fully saturated rings. The molecule has 30 valence electrons. The maximum absolute atomic E-state index is 3.76. The molecule has 0 N–H and O–H groups in total. The average molecular weight is 117 g/mol. The van der Waals surface area contributed by atoms with Crippen molar-refractivity contribution in [3.8, 4) is 0 Å². The number of rotatable bonds is 0. The minimum absolute atomic E-state index is 0.787. The molecule has 0 atom stereocenters. The van der Waals surface area contributed by atoms with Crippen molar-refractivity contribution in [2.24, 2.45) is 0 Å². The summed E-state index contributed by atoms with van der Waals surface area (Å²) in [7, 11) is 1.57. The molecule has 1 rings (SSSR count). The first-order chi connectivity index (χ1) is 3.00. The molecule has 0 unspecified atom stereocenters. The van der Waals surface area contributed by atoms with E-state index in [1.54, 1.807) is 0 Å². The lowest BCUT2D eigenvalue weighted by Crippen LogP contribution is -1.58. The van der Waals surface area contributed by atoms with E-state index in [0.717, 1.165) is 17.0 Å². The quantitative estimate of drug-likeness (QED) is 0.509. The highest BCUT2D eigenvalue weighted by atomic mass is 31.1. The van der Waals surface area contributed by atoms with Crippen LogP contribution in [-0.2, 0) is 0 Å². The van der Waals surface area contributed by atoms with Crippen LogP contribution in [0.15, 0.2) is 6.33 Å². The monoisotopic (exact) mass is 117 g/mol. The summed E-state index contributed by atoms with van der Waals surface area (Å²) in [6, 6.07) is 0. The van der Waals surface area contributed by atoms with E-state index in [1.807, 2.05) is 0 Å². The Morgan fingerprint density at radius 1 is 1.17 bits per heavy atom. The predicted octanol–water partition coefficient (Wildman–Crippen LogP) is 1.03. The van der Waals surface area contributed by atoms with Crippen molar-refractivity contribution in [2.45, 2.75) is 0 Å². The zero-order chi connectivity index (χ0) is 4.24. The Labute approximate surface area is 38.3 Å². The molecular formula is CHN3P2. The van der Waals surface area contributed by atoms with Gasteiger partial charge in [-0.2, -0.15) is 14.0 Å². The SMILES string of the molecule is c1npnpn1. The first-order valence-corrected chi connectivity index (χ1v) is 2.92. The molecule has 0 saturated carbocycles. The molecule has 1 aromatic heterocycles. The second-order valence-corrected chi connectivity index (χ2v) is 2.15. The Balaban J connectivity index is 3.00. The Kier molecular flexibility index (Phi) is 1.43. The van der Waals surface area contributed by atoms with Gasteiger partial charge in [0.2, 0.25) is 0 Å². The van der Waals surface area contributed by atoms with Crippen LogP contribution < -0.4 is 0 Å². The molecule has 0 aliphatic carbocycles. The molecule has 1 aromatic rings. The van der Waals surface area contributed by atoms with Crippen molar-refractivity contribution < 1.29 is 0 Å². The molecular weight excluding hydrogens is 116 g/mol. The van der Waals surface area contributed by atoms with E-state index in [-0.39, 0.29) is 0 Å². The molecule has 3 nitrogen and oxygen atoms in total. The van der Waals surface area contributed by atoms with Gasteiger partial charge in [-0.3, -0.25) is 0 Å². The highest BCUT2D eigenvalue weighted by molar-refractivity contribution is 7.32. The van der Waals surface area contributed by atoms with E-state index in [2.05, 4.69) is 14.0 Å². The zero-order valence-corrected chi connectivity index (χ0v) is 4.60. The molecule has 0 aromatic carbocycles. The lowest BCUT2D eigenvalue weighted by atomic mass is 11.5. The minimum atomic E-state index is 0.787. The number of hydrogen-bond acceptors (Lipinski definition) is 3. The molecule has 5 heteroatoms. The smallest absolute Gasteiger partial charge is 0.161 e. The molecule has 0 aliphatic heterocycles. The fourth-order valence-corrected chi connectivity index (χ4v) is 0.923. The van der Waals surface area contributed by atoms with Gasteiger partial charge in [-0.15, -0.1) is 0 Å². The second-order valence-electron chi connectivity index (χ2n) is 0.615. The van der Waals surface area contributed by atoms with Crippen LogP contribution in [0, 0.1) is 0 Å². The fourth-order valence-electron chi connectivity index (χ4n) is 0.133. The maximum Gasteiger partial charge on any atom is 0.161 e. The molecule has 0 aliphatic rings. The van der Waals surface area contributed by atoms with Crippen molar-refractivity contribution in [3.63, 3.8) is 0 Å². The topological polar surface area (TPSA) is 38.7 Å². The largest absolute Gasteiger partial charge is 0.196 e. The summed E-state index contributed by atoms with van der Waals surface area (Å²) in [6.45, 7) is 0. The molecule has 1 heterocycles. The second kappa shape index (κ2) is 2.12. The van der Waals surface area contributed by atoms with Gasteiger partial charge < -0.3 is 0 Å². The van der Waals surface area contributed by atoms with Gasteiger partial charge in [0.1, 0.15) is 6.33 Å². The highest BCUT2D eigenvalue weighted by Crippen LogP contribution is 1.91. The zero-order valence-electron chi connectivity index (χ0n) is 2.81. The number of hydrogen-bond donors (Lipinski definition) is 0. The standard InChI is InChI=1S/CHN3P2/c1-2-5-4-6-3-1/h1H. The summed E-state index contributed by atoms with van der Waals surface area (Å²) >= 11 is 0. The third-order valence-corrected chi connectivity index (χ3v) is 1.34. The van der Waals surface area contributed by atoms with E-state index in [4.69, 9.17) is 0 Å². The van der Waals surface area contributed by atoms with Gasteiger partial charge in [0.25, 0.3) is 0 Å². The minimum Gasteiger partial charge on any atom is -0.196 e. The summed E-state index contributed by atoms with van der Waals surface area (Å²) in [6.07, 6.45) is 1.52. The van der Waals surface area contributed by atoms with Gasteiger partial charge in [0, 0.05) is 0 Å². The van der Waals surface area contributed by atoms with Crippen LogP contribution in [0.3, 0.4) is 0 Å². The first-order valence-electron chi connectivity index (χ1n) is 1.32. The van der Waals surface area contributed by atoms with Gasteiger partial charge in [-0.1, -0.05) is 0 Å². The molecule has 0 spiro atoms. The van der Waals surface area contributed by atoms with E-state index in [1.165, 1.54) is 6.33 Å². The van der Waals surface area contributed by atoms with Crippen LogP contribution in [0.4, 0.5) is 0 Å². The van der Waals surface area contributed by atoms with Gasteiger partial charge in [-0.05, 0) is 0 Å². The van der Waals surface area contributed by atoms with Crippen LogP contribution >= 0.6 is 17.0 Å². The summed E-state index contributed by atoms with van der Waals surface area (Å²) < 4.78 is 11.1. The third-order valence-electron chi connectivity index (χ3n) is 0.287. The number of nitrogens with zero attached hydrogens (tertiary/aromatic N) is 3. The van der Waals surface area contributed by atoms with Gasteiger partial charge in [-0.25, -0.2) is 0 Å². The third kappa shape index (κ3) is 0.925. The molecule has 0 saturated heterocycles. The van der Waals surface area contributed by atoms with Crippen LogP contribution in [0.1, 0.15) is 0 Å². The Morgan fingerprint density at radius 2 is 1.83 bits per heavy atom. The van der Waals surface area contributed by atoms with Gasteiger partial charge in [0.15, 0.2) is 17.0 Å². The summed E-state index contributed by atoms with van der Waals surface area (Å²) in [5.41, 5.74) is 0. The summed E-state index contributed by atoms with van der Waals surface area (Å²) in [5.74, 6) is 0. The number of aromatic nitrogens is 3. The van der Waals surface area contributed by atoms with Crippen LogP contribution in [0.25, 0.3) is 0 Å². The Bertz CT molecular complexity index is 80.7. The van der Waals surface area contributed by atoms with Crippen LogP contribution in [0.5, 0.6) is 0 Å². The lowest BCUT2D eigenvalue weighted by Gasteiger charge is -1.66. The van der Waals surface area contributed by atoms with Crippen molar-refractivity contribution in [1.29, 1.82) is 0 Å². The summed E-state index contributed by atoms with van der Waals surface area (Å²) in [4.78, 5) is 0. The van der Waals surface area contributed by atoms with E-state index >= 15 is 0 Å². The van der Waals surface area contributed by atoms with Crippen molar-refractivity contribution in [1.82, 2.24) is 14.0 Å². The van der Waals surface area contributed by atoms with Crippen molar-refractivity contribution >= 4 is 17.0 Å². The Hall–Kier alpha value is -0.130. The summed E-state index contributed by atoms with van der Waals surface area (Å²) in [5, 5.41) is 0. The average Bonchev–Trinajstić information content (AvgIpc) is 1.72. The predicted molar refractivity (Wildman–Crippen MR) is 24.9 cm³/mol. The Morgan fingerprint density at radius 3 is 2.00 bits per heavy atom. The van der Waals surface area contributed by atoms with Crippen LogP contribution in [-0.4, -0.2) is 14.0 Å². The van der Waals surface area contributed by atoms with Crippen molar-refractivity contribution in [3.05, 3.63) is 6.33 Å². The molecule has 0 radical (unpaired) electrons. The van der Waals surface area contributed by atoms with Crippen molar-refractivity contribution in [2.75, 3.05) is 0 Å². The molecule has 0 bridgehead atoms. The van der Waals surface area contributed by atoms with E-state index in [9.17, 15) is 0 Å². The highest BCUT2D eigenvalue weighted by Gasteiger charge is 1.63. The normalized spacial score (nSPS) is 10.7. The fraction of sp³-hybridized carbons (Fsp3) is 0. The van der Waals surface area contributed by atoms with Crippen LogP contribution in [0.2, 0.25) is 0 Å². The lowest BCUT2D eigenvalue weighted by molar-refractivity contribution is 1.36. The molecule has 6 heavy (non-hydrogen) atoms. The molecule has 0 amide bonds. The maximum atomic E-state index is 3.76. The van der Waals surface area contributed by atoms with Gasteiger partial charge >= 0.3 is 0 Å². The van der Waals surface area contributed by atoms with Gasteiger partial charge in [0.05, 0.1) is 0 Å². The first kappa shape index (κ1) is 4.04.